The molecule has 0 unspecified atom stereocenters. The van der Waals surface area contributed by atoms with Crippen LogP contribution in [0.15, 0.2) is 36.5 Å². The number of H-pyrrole nitrogens is 1. The molecule has 6 nitrogen and oxygen atoms in total. The molecule has 0 aliphatic rings. The lowest BCUT2D eigenvalue weighted by Gasteiger charge is -2.22. The molecule has 1 aromatic heterocycles. The van der Waals surface area contributed by atoms with Gasteiger partial charge in [-0.1, -0.05) is 30.3 Å². The number of rotatable bonds is 6. The summed E-state index contributed by atoms with van der Waals surface area (Å²) in [6.45, 7) is 1.46. The number of nitrogens with two attached hydrogens (primary N) is 1. The van der Waals surface area contributed by atoms with Crippen LogP contribution in [0.2, 0.25) is 0 Å². The normalized spacial score (nSPS) is 10.4. The number of carbonyl (C=O) groups excluding carboxylic acids is 1. The molecule has 6 heteroatoms. The number of amides is 1. The summed E-state index contributed by atoms with van der Waals surface area (Å²) < 4.78 is 5.06. The molecular weight excluding hydrogens is 256 g/mol. The fourth-order valence-corrected chi connectivity index (χ4v) is 1.88. The van der Waals surface area contributed by atoms with Crippen molar-refractivity contribution in [3.8, 4) is 0 Å². The van der Waals surface area contributed by atoms with Crippen molar-refractivity contribution in [2.24, 2.45) is 0 Å². The van der Waals surface area contributed by atoms with Crippen molar-refractivity contribution >= 4 is 11.6 Å². The summed E-state index contributed by atoms with van der Waals surface area (Å²) in [4.78, 5) is 14.1. The van der Waals surface area contributed by atoms with E-state index in [1.54, 1.807) is 12.0 Å². The maximum atomic E-state index is 12.5. The third-order valence-corrected chi connectivity index (χ3v) is 2.95. The van der Waals surface area contributed by atoms with Crippen LogP contribution in [0.3, 0.4) is 0 Å². The number of methoxy groups -OCH3 is 1. The molecule has 1 heterocycles. The number of ether oxygens (including phenoxy) is 1. The van der Waals surface area contributed by atoms with E-state index in [4.69, 9.17) is 10.5 Å². The number of anilines is 1. The Hall–Kier alpha value is -2.34. The van der Waals surface area contributed by atoms with E-state index in [9.17, 15) is 4.79 Å². The van der Waals surface area contributed by atoms with E-state index in [2.05, 4.69) is 10.2 Å². The Bertz CT molecular complexity index is 553. The molecule has 0 aliphatic carbocycles. The van der Waals surface area contributed by atoms with Crippen molar-refractivity contribution in [1.29, 1.82) is 0 Å². The van der Waals surface area contributed by atoms with Gasteiger partial charge in [-0.15, -0.1) is 0 Å². The summed E-state index contributed by atoms with van der Waals surface area (Å²) in [5.41, 5.74) is 7.45. The van der Waals surface area contributed by atoms with E-state index in [0.717, 1.165) is 5.56 Å². The first kappa shape index (κ1) is 14.1. The number of hydrogen-bond acceptors (Lipinski definition) is 4. The third kappa shape index (κ3) is 3.36. The summed E-state index contributed by atoms with van der Waals surface area (Å²) in [5, 5.41) is 6.42. The van der Waals surface area contributed by atoms with Gasteiger partial charge in [0.1, 0.15) is 5.69 Å². The highest BCUT2D eigenvalue weighted by atomic mass is 16.5. The fraction of sp³-hybridized carbons (Fsp3) is 0.286. The first-order valence-corrected chi connectivity index (χ1v) is 6.33. The van der Waals surface area contributed by atoms with Gasteiger partial charge in [-0.3, -0.25) is 9.89 Å². The van der Waals surface area contributed by atoms with Crippen LogP contribution >= 0.6 is 0 Å². The number of nitrogens with zero attached hydrogens (tertiary/aromatic N) is 2. The Labute approximate surface area is 117 Å². The number of hydrogen-bond donors (Lipinski definition) is 2. The second kappa shape index (κ2) is 6.72. The highest BCUT2D eigenvalue weighted by Gasteiger charge is 2.19. The Morgan fingerprint density at radius 3 is 2.75 bits per heavy atom. The zero-order valence-corrected chi connectivity index (χ0v) is 11.4. The quantitative estimate of drug-likeness (QED) is 0.831. The molecule has 106 valence electrons. The van der Waals surface area contributed by atoms with Gasteiger partial charge in [0.05, 0.1) is 18.5 Å². The number of nitrogen functional groups attached to an aromatic ring is 1. The molecule has 0 fully saturated rings. The first-order chi connectivity index (χ1) is 9.72. The molecule has 1 amide bonds. The summed E-state index contributed by atoms with van der Waals surface area (Å²) in [5.74, 6) is -0.180. The number of benzene rings is 1. The Balaban J connectivity index is 2.15. The van der Waals surface area contributed by atoms with E-state index in [-0.39, 0.29) is 5.91 Å². The zero-order valence-electron chi connectivity index (χ0n) is 11.4. The average Bonchev–Trinajstić information content (AvgIpc) is 2.90. The van der Waals surface area contributed by atoms with E-state index < -0.39 is 0 Å². The van der Waals surface area contributed by atoms with Gasteiger partial charge in [0.25, 0.3) is 5.91 Å². The van der Waals surface area contributed by atoms with E-state index >= 15 is 0 Å². The monoisotopic (exact) mass is 274 g/mol. The van der Waals surface area contributed by atoms with E-state index in [1.807, 2.05) is 30.3 Å². The summed E-state index contributed by atoms with van der Waals surface area (Å²) in [6.07, 6.45) is 1.43. The maximum Gasteiger partial charge on any atom is 0.274 e. The van der Waals surface area contributed by atoms with Crippen LogP contribution in [-0.2, 0) is 11.3 Å². The van der Waals surface area contributed by atoms with Crippen molar-refractivity contribution < 1.29 is 9.53 Å². The lowest BCUT2D eigenvalue weighted by molar-refractivity contribution is 0.0675. The van der Waals surface area contributed by atoms with Gasteiger partial charge in [0, 0.05) is 20.2 Å². The molecular formula is C14H18N4O2. The van der Waals surface area contributed by atoms with Crippen LogP contribution in [0.1, 0.15) is 16.1 Å². The minimum atomic E-state index is -0.180. The summed E-state index contributed by atoms with van der Waals surface area (Å²) in [6, 6.07) is 9.78. The molecule has 3 N–H and O–H groups in total. The molecule has 20 heavy (non-hydrogen) atoms. The van der Waals surface area contributed by atoms with Gasteiger partial charge in [-0.25, -0.2) is 0 Å². The van der Waals surface area contributed by atoms with Crippen molar-refractivity contribution in [2.45, 2.75) is 6.54 Å². The summed E-state index contributed by atoms with van der Waals surface area (Å²) in [7, 11) is 1.61. The van der Waals surface area contributed by atoms with Crippen LogP contribution in [0.5, 0.6) is 0 Å². The highest BCUT2D eigenvalue weighted by Crippen LogP contribution is 2.13. The van der Waals surface area contributed by atoms with Crippen molar-refractivity contribution in [2.75, 3.05) is 26.0 Å². The van der Waals surface area contributed by atoms with Gasteiger partial charge in [-0.2, -0.15) is 5.10 Å². The maximum absolute atomic E-state index is 12.5. The minimum absolute atomic E-state index is 0.180. The molecule has 0 atom stereocenters. The molecule has 0 saturated carbocycles. The minimum Gasteiger partial charge on any atom is -0.396 e. The molecule has 0 radical (unpaired) electrons. The molecule has 2 rings (SSSR count). The van der Waals surface area contributed by atoms with Crippen LogP contribution in [-0.4, -0.2) is 41.3 Å². The fourth-order valence-electron chi connectivity index (χ4n) is 1.88. The molecule has 0 spiro atoms. The number of aromatic nitrogens is 2. The lowest BCUT2D eigenvalue weighted by Crippen LogP contribution is -2.34. The van der Waals surface area contributed by atoms with Crippen molar-refractivity contribution in [1.82, 2.24) is 15.1 Å². The largest absolute Gasteiger partial charge is 0.396 e. The zero-order chi connectivity index (χ0) is 14.4. The molecule has 0 aliphatic heterocycles. The van der Waals surface area contributed by atoms with Gasteiger partial charge in [0.15, 0.2) is 0 Å². The second-order valence-electron chi connectivity index (χ2n) is 4.41. The van der Waals surface area contributed by atoms with Gasteiger partial charge in [0.2, 0.25) is 0 Å². The van der Waals surface area contributed by atoms with Gasteiger partial charge in [-0.05, 0) is 5.56 Å². The average molecular weight is 274 g/mol. The summed E-state index contributed by atoms with van der Waals surface area (Å²) >= 11 is 0. The SMILES string of the molecule is COCCN(Cc1ccccc1)C(=O)c1[nH]ncc1N. The second-order valence-corrected chi connectivity index (χ2v) is 4.41. The Morgan fingerprint density at radius 1 is 1.40 bits per heavy atom. The molecule has 2 aromatic rings. The van der Waals surface area contributed by atoms with Crippen LogP contribution in [0.4, 0.5) is 5.69 Å². The molecule has 0 saturated heterocycles. The van der Waals surface area contributed by atoms with Gasteiger partial charge < -0.3 is 15.4 Å². The number of nitrogens with one attached hydrogen (secondary N) is 1. The Kier molecular flexibility index (Phi) is 4.73. The highest BCUT2D eigenvalue weighted by molar-refractivity contribution is 5.96. The number of carbonyl (C=O) groups is 1. The predicted octanol–water partition coefficient (Wildman–Crippen LogP) is 1.28. The standard InChI is InChI=1S/C14H18N4O2/c1-20-8-7-18(10-11-5-3-2-4-6-11)14(19)13-12(15)9-16-17-13/h2-6,9H,7-8,10,15H2,1H3,(H,16,17). The van der Waals surface area contributed by atoms with Crippen LogP contribution in [0, 0.1) is 0 Å². The molecule has 1 aromatic carbocycles. The first-order valence-electron chi connectivity index (χ1n) is 6.33. The van der Waals surface area contributed by atoms with E-state index in [0.29, 0.717) is 31.1 Å². The van der Waals surface area contributed by atoms with Crippen LogP contribution < -0.4 is 5.73 Å². The van der Waals surface area contributed by atoms with Crippen LogP contribution in [0.25, 0.3) is 0 Å². The third-order valence-electron chi connectivity index (χ3n) is 2.95. The smallest absolute Gasteiger partial charge is 0.274 e. The van der Waals surface area contributed by atoms with Crippen molar-refractivity contribution in [3.05, 3.63) is 47.8 Å². The molecule has 0 bridgehead atoms. The number of aromatic amines is 1. The van der Waals surface area contributed by atoms with Crippen molar-refractivity contribution in [3.63, 3.8) is 0 Å². The van der Waals surface area contributed by atoms with Gasteiger partial charge >= 0.3 is 0 Å². The lowest BCUT2D eigenvalue weighted by atomic mass is 10.2. The topological polar surface area (TPSA) is 84.2 Å². The Morgan fingerprint density at radius 2 is 2.15 bits per heavy atom. The van der Waals surface area contributed by atoms with E-state index in [1.165, 1.54) is 6.20 Å². The predicted molar refractivity (Wildman–Crippen MR) is 76.1 cm³/mol.